The van der Waals surface area contributed by atoms with Gasteiger partial charge in [-0.25, -0.2) is 4.98 Å². The first-order chi connectivity index (χ1) is 15.5. The topological polar surface area (TPSA) is 64.3 Å². The summed E-state index contributed by atoms with van der Waals surface area (Å²) in [6.45, 7) is 6.40. The number of aryl methyl sites for hydroxylation is 1. The first kappa shape index (κ1) is 20.9. The third kappa shape index (κ3) is 4.46. The second-order valence-electron chi connectivity index (χ2n) is 8.43. The van der Waals surface area contributed by atoms with E-state index in [4.69, 9.17) is 4.98 Å². The minimum Gasteiger partial charge on any atom is -0.337 e. The molecule has 1 amide bonds. The molecule has 0 spiro atoms. The van der Waals surface area contributed by atoms with Gasteiger partial charge in [-0.05, 0) is 55.4 Å². The van der Waals surface area contributed by atoms with Gasteiger partial charge in [0.25, 0.3) is 0 Å². The number of rotatable bonds is 5. The van der Waals surface area contributed by atoms with Crippen molar-refractivity contribution in [2.24, 2.45) is 0 Å². The molecule has 0 atom stereocenters. The van der Waals surface area contributed by atoms with E-state index in [0.717, 1.165) is 64.0 Å². The van der Waals surface area contributed by atoms with Crippen LogP contribution in [0.15, 0.2) is 54.6 Å². The van der Waals surface area contributed by atoms with Gasteiger partial charge in [-0.3, -0.25) is 9.69 Å². The monoisotopic (exact) mass is 445 g/mol. The molecule has 32 heavy (non-hydrogen) atoms. The number of nitrogens with one attached hydrogen (secondary N) is 2. The van der Waals surface area contributed by atoms with E-state index < -0.39 is 0 Å². The van der Waals surface area contributed by atoms with Crippen molar-refractivity contribution in [2.45, 2.75) is 6.92 Å². The van der Waals surface area contributed by atoms with Crippen LogP contribution in [0.2, 0.25) is 0 Å². The molecule has 1 saturated heterocycles. The Morgan fingerprint density at radius 3 is 2.66 bits per heavy atom. The molecular weight excluding hydrogens is 418 g/mol. The Hall–Kier alpha value is -3.00. The lowest BCUT2D eigenvalue weighted by Gasteiger charge is -2.31. The molecule has 2 aromatic heterocycles. The van der Waals surface area contributed by atoms with Crippen LogP contribution in [0.5, 0.6) is 0 Å². The highest BCUT2D eigenvalue weighted by molar-refractivity contribution is 7.18. The van der Waals surface area contributed by atoms with E-state index in [9.17, 15) is 4.79 Å². The van der Waals surface area contributed by atoms with Gasteiger partial charge in [0, 0.05) is 36.7 Å². The van der Waals surface area contributed by atoms with Crippen molar-refractivity contribution in [1.82, 2.24) is 19.8 Å². The number of fused-ring (bicyclic) bond motifs is 1. The third-order valence-electron chi connectivity index (χ3n) is 5.95. The number of nitrogens with zero attached hydrogens (tertiary/aromatic N) is 3. The van der Waals surface area contributed by atoms with Gasteiger partial charge in [0.1, 0.15) is 5.82 Å². The lowest BCUT2D eigenvalue weighted by atomic mass is 10.1. The zero-order valence-corrected chi connectivity index (χ0v) is 19.2. The number of amides is 1. The van der Waals surface area contributed by atoms with Crippen LogP contribution in [0.3, 0.4) is 0 Å². The third-order valence-corrected chi connectivity index (χ3v) is 7.09. The van der Waals surface area contributed by atoms with E-state index in [1.54, 1.807) is 11.3 Å². The average molecular weight is 446 g/mol. The number of anilines is 1. The molecule has 6 nitrogen and oxygen atoms in total. The van der Waals surface area contributed by atoms with Crippen LogP contribution >= 0.6 is 11.3 Å². The van der Waals surface area contributed by atoms with Gasteiger partial charge in [-0.15, -0.1) is 11.3 Å². The summed E-state index contributed by atoms with van der Waals surface area (Å²) in [4.78, 5) is 27.5. The molecule has 0 radical (unpaired) electrons. The van der Waals surface area contributed by atoms with Crippen molar-refractivity contribution in [1.29, 1.82) is 0 Å². The zero-order chi connectivity index (χ0) is 22.1. The predicted octanol–water partition coefficient (Wildman–Crippen LogP) is 4.45. The summed E-state index contributed by atoms with van der Waals surface area (Å²) >= 11 is 1.70. The Morgan fingerprint density at radius 1 is 1.06 bits per heavy atom. The number of benzene rings is 2. The van der Waals surface area contributed by atoms with Crippen LogP contribution in [-0.4, -0.2) is 65.4 Å². The summed E-state index contributed by atoms with van der Waals surface area (Å²) in [7, 11) is 2.12. The Morgan fingerprint density at radius 2 is 1.84 bits per heavy atom. The van der Waals surface area contributed by atoms with Gasteiger partial charge in [-0.2, -0.15) is 0 Å². The van der Waals surface area contributed by atoms with Crippen LogP contribution in [0.25, 0.3) is 32.2 Å². The highest BCUT2D eigenvalue weighted by Gasteiger charge is 2.17. The van der Waals surface area contributed by atoms with Crippen molar-refractivity contribution in [3.05, 3.63) is 60.2 Å². The number of hydrogen-bond acceptors (Lipinski definition) is 5. The van der Waals surface area contributed by atoms with E-state index in [2.05, 4.69) is 64.4 Å². The molecule has 1 aliphatic heterocycles. The second-order valence-corrected chi connectivity index (χ2v) is 9.51. The van der Waals surface area contributed by atoms with E-state index in [0.29, 0.717) is 6.54 Å². The zero-order valence-electron chi connectivity index (χ0n) is 18.4. The van der Waals surface area contributed by atoms with E-state index in [1.165, 1.54) is 5.56 Å². The van der Waals surface area contributed by atoms with Crippen LogP contribution in [-0.2, 0) is 4.79 Å². The standard InChI is InChI=1S/C25H27N5OS/c1-17-5-3-8-20-24(17)28-25(27-20)22-10-9-21(32-22)18-6-4-7-19(15-18)26-23(31)16-30-13-11-29(2)12-14-30/h3-10,15H,11-14,16H2,1-2H3,(H,26,31)(H,27,28). The van der Waals surface area contributed by atoms with Crippen molar-refractivity contribution in [2.75, 3.05) is 45.1 Å². The second kappa shape index (κ2) is 8.86. The molecule has 2 N–H and O–H groups in total. The van der Waals surface area contributed by atoms with Gasteiger partial charge >= 0.3 is 0 Å². The lowest BCUT2D eigenvalue weighted by molar-refractivity contribution is -0.117. The molecule has 1 aliphatic rings. The van der Waals surface area contributed by atoms with Gasteiger partial charge in [-0.1, -0.05) is 24.3 Å². The number of aromatic amines is 1. The average Bonchev–Trinajstić information content (AvgIpc) is 3.43. The molecule has 2 aromatic carbocycles. The summed E-state index contributed by atoms with van der Waals surface area (Å²) < 4.78 is 0. The van der Waals surface area contributed by atoms with E-state index in [1.807, 2.05) is 24.3 Å². The van der Waals surface area contributed by atoms with Crippen molar-refractivity contribution >= 4 is 34.0 Å². The first-order valence-electron chi connectivity index (χ1n) is 10.9. The van der Waals surface area contributed by atoms with Gasteiger partial charge in [0.2, 0.25) is 5.91 Å². The number of carbonyl (C=O) groups is 1. The maximum absolute atomic E-state index is 12.5. The fourth-order valence-electron chi connectivity index (χ4n) is 4.07. The number of piperazine rings is 1. The number of H-pyrrole nitrogens is 1. The first-order valence-corrected chi connectivity index (χ1v) is 11.7. The Kier molecular flexibility index (Phi) is 5.78. The minimum absolute atomic E-state index is 0.0382. The normalized spacial score (nSPS) is 15.3. The SMILES string of the molecule is Cc1cccc2[nH]c(-c3ccc(-c4cccc(NC(=O)CN5CCN(C)CC5)c4)s3)nc12. The molecular formula is C25H27N5OS. The van der Waals surface area contributed by atoms with Crippen molar-refractivity contribution in [3.63, 3.8) is 0 Å². The van der Waals surface area contributed by atoms with Gasteiger partial charge in [0.15, 0.2) is 0 Å². The van der Waals surface area contributed by atoms with E-state index in [-0.39, 0.29) is 5.91 Å². The molecule has 5 rings (SSSR count). The van der Waals surface area contributed by atoms with Crippen molar-refractivity contribution < 1.29 is 4.79 Å². The molecule has 0 aliphatic carbocycles. The molecule has 4 aromatic rings. The number of carbonyl (C=O) groups excluding carboxylic acids is 1. The number of imidazole rings is 1. The highest BCUT2D eigenvalue weighted by atomic mass is 32.1. The maximum Gasteiger partial charge on any atom is 0.238 e. The number of hydrogen-bond donors (Lipinski definition) is 2. The molecule has 1 fully saturated rings. The summed E-state index contributed by atoms with van der Waals surface area (Å²) in [6.07, 6.45) is 0. The number of aromatic nitrogens is 2. The lowest BCUT2D eigenvalue weighted by Crippen LogP contribution is -2.47. The van der Waals surface area contributed by atoms with Crippen LogP contribution < -0.4 is 5.32 Å². The summed E-state index contributed by atoms with van der Waals surface area (Å²) in [5, 5.41) is 3.06. The quantitative estimate of drug-likeness (QED) is 0.476. The fraction of sp³-hybridized carbons (Fsp3) is 0.280. The van der Waals surface area contributed by atoms with Crippen LogP contribution in [0.1, 0.15) is 5.56 Å². The maximum atomic E-state index is 12.5. The Balaban J connectivity index is 1.30. The fourth-order valence-corrected chi connectivity index (χ4v) is 5.02. The van der Waals surface area contributed by atoms with E-state index >= 15 is 0 Å². The van der Waals surface area contributed by atoms with Crippen LogP contribution in [0, 0.1) is 6.92 Å². The molecule has 0 unspecified atom stereocenters. The number of para-hydroxylation sites is 1. The van der Waals surface area contributed by atoms with Gasteiger partial charge in [0.05, 0.1) is 22.5 Å². The summed E-state index contributed by atoms with van der Waals surface area (Å²) in [5.74, 6) is 0.929. The minimum atomic E-state index is 0.0382. The summed E-state index contributed by atoms with van der Waals surface area (Å²) in [5.41, 5.74) is 5.16. The largest absolute Gasteiger partial charge is 0.337 e. The smallest absolute Gasteiger partial charge is 0.238 e. The van der Waals surface area contributed by atoms with Crippen molar-refractivity contribution in [3.8, 4) is 21.1 Å². The summed E-state index contributed by atoms with van der Waals surface area (Å²) in [6, 6.07) is 18.5. The van der Waals surface area contributed by atoms with Gasteiger partial charge < -0.3 is 15.2 Å². The molecule has 3 heterocycles. The number of thiophene rings is 1. The Bertz CT molecular complexity index is 1250. The highest BCUT2D eigenvalue weighted by Crippen LogP contribution is 2.35. The predicted molar refractivity (Wildman–Crippen MR) is 132 cm³/mol. The molecule has 0 saturated carbocycles. The molecule has 164 valence electrons. The molecule has 7 heteroatoms. The molecule has 0 bridgehead atoms. The van der Waals surface area contributed by atoms with Crippen LogP contribution in [0.4, 0.5) is 5.69 Å². The number of likely N-dealkylation sites (N-methyl/N-ethyl adjacent to an activating group) is 1. The Labute approximate surface area is 191 Å².